The van der Waals surface area contributed by atoms with Gasteiger partial charge >= 0.3 is 0 Å². The molecule has 1 amide bonds. The predicted molar refractivity (Wildman–Crippen MR) is 91.1 cm³/mol. The molecule has 2 fully saturated rings. The molecule has 1 saturated heterocycles. The number of carbonyl (C=O) groups is 1. The first-order valence-corrected chi connectivity index (χ1v) is 8.87. The van der Waals surface area contributed by atoms with Crippen molar-refractivity contribution in [1.82, 2.24) is 9.80 Å². The van der Waals surface area contributed by atoms with Crippen molar-refractivity contribution in [3.8, 4) is 0 Å². The van der Waals surface area contributed by atoms with Crippen LogP contribution in [-0.2, 0) is 16.1 Å². The maximum Gasteiger partial charge on any atom is 0.224 e. The summed E-state index contributed by atoms with van der Waals surface area (Å²) in [5.74, 6) is 1.09. The second kappa shape index (κ2) is 7.93. The molecule has 4 heteroatoms. The van der Waals surface area contributed by atoms with E-state index >= 15 is 0 Å². The van der Waals surface area contributed by atoms with Crippen LogP contribution in [0.4, 0.5) is 0 Å². The van der Waals surface area contributed by atoms with Gasteiger partial charge in [0.05, 0.1) is 13.2 Å². The first-order valence-electron chi connectivity index (χ1n) is 8.87. The highest BCUT2D eigenvalue weighted by atomic mass is 16.5. The van der Waals surface area contributed by atoms with Gasteiger partial charge in [-0.15, -0.1) is 0 Å². The second-order valence-corrected chi connectivity index (χ2v) is 6.78. The molecule has 1 aromatic rings. The van der Waals surface area contributed by atoms with Crippen molar-refractivity contribution in [2.75, 3.05) is 32.8 Å². The van der Waals surface area contributed by atoms with Gasteiger partial charge in [0.1, 0.15) is 0 Å². The maximum absolute atomic E-state index is 12.4. The fraction of sp³-hybridized carbons (Fsp3) is 0.632. The van der Waals surface area contributed by atoms with Gasteiger partial charge in [0.15, 0.2) is 0 Å². The fourth-order valence-electron chi connectivity index (χ4n) is 3.33. The summed E-state index contributed by atoms with van der Waals surface area (Å²) in [5, 5.41) is 0. The summed E-state index contributed by atoms with van der Waals surface area (Å²) in [6.45, 7) is 6.96. The van der Waals surface area contributed by atoms with Gasteiger partial charge in [0, 0.05) is 38.6 Å². The molecule has 1 atom stereocenters. The van der Waals surface area contributed by atoms with E-state index in [0.29, 0.717) is 25.7 Å². The van der Waals surface area contributed by atoms with E-state index in [0.717, 1.165) is 32.1 Å². The Hall–Kier alpha value is -1.39. The van der Waals surface area contributed by atoms with Gasteiger partial charge in [0.2, 0.25) is 5.91 Å². The molecule has 0 spiro atoms. The first-order chi connectivity index (χ1) is 11.2. The van der Waals surface area contributed by atoms with Gasteiger partial charge in [-0.25, -0.2) is 0 Å². The first kappa shape index (κ1) is 16.5. The van der Waals surface area contributed by atoms with Crippen LogP contribution in [0.5, 0.6) is 0 Å². The summed E-state index contributed by atoms with van der Waals surface area (Å²) in [7, 11) is 0. The number of rotatable bonds is 7. The molecule has 1 heterocycles. The Morgan fingerprint density at radius 1 is 1.26 bits per heavy atom. The molecule has 4 nitrogen and oxygen atoms in total. The average Bonchev–Trinajstić information content (AvgIpc) is 3.44. The summed E-state index contributed by atoms with van der Waals surface area (Å²) >= 11 is 0. The number of hydrogen-bond donors (Lipinski definition) is 0. The van der Waals surface area contributed by atoms with Crippen molar-refractivity contribution < 1.29 is 9.53 Å². The zero-order valence-corrected chi connectivity index (χ0v) is 14.1. The summed E-state index contributed by atoms with van der Waals surface area (Å²) in [6.07, 6.45) is 3.29. The molecule has 1 aliphatic heterocycles. The lowest BCUT2D eigenvalue weighted by Gasteiger charge is -2.31. The van der Waals surface area contributed by atoms with Crippen molar-refractivity contribution in [2.24, 2.45) is 5.92 Å². The van der Waals surface area contributed by atoms with Crippen LogP contribution in [0, 0.1) is 5.92 Å². The average molecular weight is 316 g/mol. The largest absolute Gasteiger partial charge is 0.378 e. The smallest absolute Gasteiger partial charge is 0.224 e. The van der Waals surface area contributed by atoms with Gasteiger partial charge < -0.3 is 9.64 Å². The lowest BCUT2D eigenvalue weighted by atomic mass is 10.1. The van der Waals surface area contributed by atoms with Crippen LogP contribution in [-0.4, -0.2) is 54.6 Å². The maximum atomic E-state index is 12.4. The predicted octanol–water partition coefficient (Wildman–Crippen LogP) is 2.54. The van der Waals surface area contributed by atoms with E-state index in [2.05, 4.69) is 42.2 Å². The van der Waals surface area contributed by atoms with Gasteiger partial charge in [0.25, 0.3) is 0 Å². The van der Waals surface area contributed by atoms with Gasteiger partial charge in [-0.05, 0) is 31.2 Å². The standard InChI is InChI=1S/C19H28N2O2/c1-16(18-7-8-18)21(15-17-5-3-2-4-6-17)10-9-19(22)20-11-13-23-14-12-20/h2-6,16,18H,7-15H2,1H3. The second-order valence-electron chi connectivity index (χ2n) is 6.78. The van der Waals surface area contributed by atoms with E-state index < -0.39 is 0 Å². The highest BCUT2D eigenvalue weighted by molar-refractivity contribution is 5.76. The number of morpholine rings is 1. The molecule has 1 saturated carbocycles. The van der Waals surface area contributed by atoms with Crippen molar-refractivity contribution >= 4 is 5.91 Å². The number of amides is 1. The fourth-order valence-corrected chi connectivity index (χ4v) is 3.33. The van der Waals surface area contributed by atoms with E-state index in [1.165, 1.54) is 18.4 Å². The van der Waals surface area contributed by atoms with Crippen molar-refractivity contribution in [3.63, 3.8) is 0 Å². The molecule has 1 aromatic carbocycles. The van der Waals surface area contributed by atoms with E-state index in [-0.39, 0.29) is 5.91 Å². The molecule has 3 rings (SSSR count). The topological polar surface area (TPSA) is 32.8 Å². The zero-order chi connectivity index (χ0) is 16.1. The highest BCUT2D eigenvalue weighted by Gasteiger charge is 2.32. The minimum absolute atomic E-state index is 0.273. The number of nitrogens with zero attached hydrogens (tertiary/aromatic N) is 2. The summed E-state index contributed by atoms with van der Waals surface area (Å²) in [5.41, 5.74) is 1.33. The van der Waals surface area contributed by atoms with Gasteiger partial charge in [-0.2, -0.15) is 0 Å². The highest BCUT2D eigenvalue weighted by Crippen LogP contribution is 2.35. The van der Waals surface area contributed by atoms with Crippen molar-refractivity contribution in [3.05, 3.63) is 35.9 Å². The lowest BCUT2D eigenvalue weighted by Crippen LogP contribution is -2.43. The Kier molecular flexibility index (Phi) is 5.68. The van der Waals surface area contributed by atoms with Crippen LogP contribution < -0.4 is 0 Å². The van der Waals surface area contributed by atoms with Crippen LogP contribution >= 0.6 is 0 Å². The van der Waals surface area contributed by atoms with Crippen LogP contribution in [0.15, 0.2) is 30.3 Å². The van der Waals surface area contributed by atoms with Crippen LogP contribution in [0.2, 0.25) is 0 Å². The molecule has 1 unspecified atom stereocenters. The summed E-state index contributed by atoms with van der Waals surface area (Å²) in [4.78, 5) is 16.8. The molecule has 0 radical (unpaired) electrons. The summed E-state index contributed by atoms with van der Waals surface area (Å²) < 4.78 is 5.33. The Morgan fingerprint density at radius 2 is 1.96 bits per heavy atom. The molecule has 126 valence electrons. The van der Waals surface area contributed by atoms with Crippen LogP contribution in [0.3, 0.4) is 0 Å². The third-order valence-corrected chi connectivity index (χ3v) is 5.09. The molecule has 0 N–H and O–H groups in total. The lowest BCUT2D eigenvalue weighted by molar-refractivity contribution is -0.135. The molecule has 0 bridgehead atoms. The molecular formula is C19H28N2O2. The number of hydrogen-bond acceptors (Lipinski definition) is 3. The normalized spacial score (nSPS) is 19.8. The third kappa shape index (κ3) is 4.79. The minimum Gasteiger partial charge on any atom is -0.378 e. The zero-order valence-electron chi connectivity index (χ0n) is 14.1. The number of carbonyl (C=O) groups excluding carboxylic acids is 1. The van der Waals surface area contributed by atoms with Crippen LogP contribution in [0.1, 0.15) is 31.7 Å². The van der Waals surface area contributed by atoms with E-state index in [9.17, 15) is 4.79 Å². The number of benzene rings is 1. The van der Waals surface area contributed by atoms with E-state index in [1.807, 2.05) is 4.90 Å². The molecular weight excluding hydrogens is 288 g/mol. The van der Waals surface area contributed by atoms with Crippen molar-refractivity contribution in [2.45, 2.75) is 38.8 Å². The van der Waals surface area contributed by atoms with Gasteiger partial charge in [-0.1, -0.05) is 30.3 Å². The molecule has 23 heavy (non-hydrogen) atoms. The Balaban J connectivity index is 1.55. The van der Waals surface area contributed by atoms with Crippen molar-refractivity contribution in [1.29, 1.82) is 0 Å². The Labute approximate surface area is 139 Å². The quantitative estimate of drug-likeness (QED) is 0.775. The SMILES string of the molecule is CC(C1CC1)N(CCC(=O)N1CCOCC1)Cc1ccccc1. The minimum atomic E-state index is 0.273. The third-order valence-electron chi connectivity index (χ3n) is 5.09. The number of ether oxygens (including phenoxy) is 1. The molecule has 2 aliphatic rings. The molecule has 1 aliphatic carbocycles. The monoisotopic (exact) mass is 316 g/mol. The van der Waals surface area contributed by atoms with Gasteiger partial charge in [-0.3, -0.25) is 9.69 Å². The van der Waals surface area contributed by atoms with Crippen LogP contribution in [0.25, 0.3) is 0 Å². The van der Waals surface area contributed by atoms with E-state index in [4.69, 9.17) is 4.74 Å². The Bertz CT molecular complexity index is 495. The Morgan fingerprint density at radius 3 is 2.61 bits per heavy atom. The van der Waals surface area contributed by atoms with E-state index in [1.54, 1.807) is 0 Å². The molecule has 0 aromatic heterocycles. The summed E-state index contributed by atoms with van der Waals surface area (Å²) in [6, 6.07) is 11.2.